The summed E-state index contributed by atoms with van der Waals surface area (Å²) in [6.45, 7) is 0.986. The van der Waals surface area contributed by atoms with Crippen LogP contribution in [0.1, 0.15) is 48.8 Å². The third-order valence-electron chi connectivity index (χ3n) is 7.26. The first-order chi connectivity index (χ1) is 13.9. The number of halogens is 3. The van der Waals surface area contributed by atoms with Crippen LogP contribution < -0.4 is 10.6 Å². The molecule has 1 saturated heterocycles. The lowest BCUT2D eigenvalue weighted by Gasteiger charge is -2.56. The third kappa shape index (κ3) is 3.00. The lowest BCUT2D eigenvalue weighted by atomic mass is 9.53. The second-order valence-electron chi connectivity index (χ2n) is 8.72. The van der Waals surface area contributed by atoms with Crippen LogP contribution in [0.5, 0.6) is 5.75 Å². The zero-order valence-electron chi connectivity index (χ0n) is 16.1. The molecule has 3 atom stereocenters. The van der Waals surface area contributed by atoms with Crippen molar-refractivity contribution in [2.45, 2.75) is 56.2 Å². The minimum Gasteiger partial charge on any atom is -0.506 e. The Hall–Kier alpha value is -2.21. The normalized spacial score (nSPS) is 28.4. The zero-order chi connectivity index (χ0) is 20.2. The van der Waals surface area contributed by atoms with E-state index in [0.717, 1.165) is 37.4 Å². The maximum atomic E-state index is 13.4. The molecule has 3 nitrogen and oxygen atoms in total. The Kier molecular flexibility index (Phi) is 4.32. The van der Waals surface area contributed by atoms with E-state index in [1.54, 1.807) is 6.07 Å². The average molecular weight is 402 g/mol. The van der Waals surface area contributed by atoms with Crippen LogP contribution in [-0.2, 0) is 18.0 Å². The maximum Gasteiger partial charge on any atom is 0.418 e. The standard InChI is InChI=1S/C23H25F3N2O/c24-23(25,26)16-6-1-2-7-18(16)28-20-12-14-11-19-15-5-3-4-8-22(15,9-10-27-19)17(14)13-21(20)29/h1-2,6-7,12-13,15,19,27-29H,3-5,8-11H2/t15-,19+,22+/m1/s1. The molecule has 2 bridgehead atoms. The molecule has 2 aromatic carbocycles. The van der Waals surface area contributed by atoms with Crippen molar-refractivity contribution in [2.75, 3.05) is 11.9 Å². The van der Waals surface area contributed by atoms with Gasteiger partial charge in [0, 0.05) is 11.5 Å². The maximum absolute atomic E-state index is 13.4. The first kappa shape index (κ1) is 18.8. The van der Waals surface area contributed by atoms with Crippen LogP contribution in [0.4, 0.5) is 24.5 Å². The van der Waals surface area contributed by atoms with Crippen LogP contribution in [-0.4, -0.2) is 17.7 Å². The van der Waals surface area contributed by atoms with Crippen molar-refractivity contribution in [3.8, 4) is 5.75 Å². The number of fused-ring (bicyclic) bond motifs is 1. The van der Waals surface area contributed by atoms with E-state index in [2.05, 4.69) is 10.6 Å². The Morgan fingerprint density at radius 3 is 2.72 bits per heavy atom. The predicted octanol–water partition coefficient (Wildman–Crippen LogP) is 5.50. The Morgan fingerprint density at radius 1 is 1.07 bits per heavy atom. The summed E-state index contributed by atoms with van der Waals surface area (Å²) in [5, 5.41) is 17.3. The first-order valence-corrected chi connectivity index (χ1v) is 10.4. The van der Waals surface area contributed by atoms with E-state index >= 15 is 0 Å². The number of hydrogen-bond acceptors (Lipinski definition) is 3. The highest BCUT2D eigenvalue weighted by molar-refractivity contribution is 5.71. The summed E-state index contributed by atoms with van der Waals surface area (Å²) in [6.07, 6.45) is 2.25. The molecule has 2 aliphatic carbocycles. The van der Waals surface area contributed by atoms with Gasteiger partial charge in [-0.3, -0.25) is 0 Å². The molecule has 0 aromatic heterocycles. The van der Waals surface area contributed by atoms with Gasteiger partial charge in [0.1, 0.15) is 5.75 Å². The van der Waals surface area contributed by atoms with Crippen LogP contribution >= 0.6 is 0 Å². The summed E-state index contributed by atoms with van der Waals surface area (Å²) in [4.78, 5) is 0. The largest absolute Gasteiger partial charge is 0.506 e. The molecule has 29 heavy (non-hydrogen) atoms. The van der Waals surface area contributed by atoms with Gasteiger partial charge in [-0.2, -0.15) is 13.2 Å². The molecular formula is C23H25F3N2O. The molecule has 2 aromatic rings. The van der Waals surface area contributed by atoms with Gasteiger partial charge in [0.25, 0.3) is 0 Å². The van der Waals surface area contributed by atoms with Gasteiger partial charge in [-0.15, -0.1) is 0 Å². The zero-order valence-corrected chi connectivity index (χ0v) is 16.1. The third-order valence-corrected chi connectivity index (χ3v) is 7.26. The Morgan fingerprint density at radius 2 is 1.90 bits per heavy atom. The molecule has 1 heterocycles. The number of para-hydroxylation sites is 1. The Labute approximate surface area is 168 Å². The molecule has 3 aliphatic rings. The molecule has 5 rings (SSSR count). The van der Waals surface area contributed by atoms with Crippen molar-refractivity contribution >= 4 is 11.4 Å². The number of alkyl halides is 3. The molecule has 0 unspecified atom stereocenters. The molecule has 2 fully saturated rings. The van der Waals surface area contributed by atoms with Gasteiger partial charge in [-0.05, 0) is 73.5 Å². The highest BCUT2D eigenvalue weighted by atomic mass is 19.4. The number of nitrogens with one attached hydrogen (secondary N) is 2. The summed E-state index contributed by atoms with van der Waals surface area (Å²) in [7, 11) is 0. The van der Waals surface area contributed by atoms with Crippen LogP contribution in [0.25, 0.3) is 0 Å². The van der Waals surface area contributed by atoms with Gasteiger partial charge < -0.3 is 15.7 Å². The van der Waals surface area contributed by atoms with Crippen molar-refractivity contribution < 1.29 is 18.3 Å². The number of rotatable bonds is 2. The predicted molar refractivity (Wildman–Crippen MR) is 107 cm³/mol. The van der Waals surface area contributed by atoms with Gasteiger partial charge >= 0.3 is 6.18 Å². The Bertz CT molecular complexity index is 938. The number of anilines is 2. The fourth-order valence-electron chi connectivity index (χ4n) is 6.06. The summed E-state index contributed by atoms with van der Waals surface area (Å²) in [5.74, 6) is 0.609. The van der Waals surface area contributed by atoms with Crippen LogP contribution in [0, 0.1) is 5.92 Å². The van der Waals surface area contributed by atoms with Gasteiger partial charge in [0.15, 0.2) is 0 Å². The van der Waals surface area contributed by atoms with Gasteiger partial charge in [-0.25, -0.2) is 0 Å². The molecule has 0 amide bonds. The van der Waals surface area contributed by atoms with Crippen molar-refractivity contribution in [1.82, 2.24) is 5.32 Å². The number of aromatic hydroxyl groups is 1. The van der Waals surface area contributed by atoms with Crippen molar-refractivity contribution in [3.05, 3.63) is 53.1 Å². The summed E-state index contributed by atoms with van der Waals surface area (Å²) < 4.78 is 40.1. The molecule has 154 valence electrons. The summed E-state index contributed by atoms with van der Waals surface area (Å²) in [6, 6.07) is 9.49. The molecule has 0 radical (unpaired) electrons. The van der Waals surface area contributed by atoms with E-state index in [9.17, 15) is 18.3 Å². The quantitative estimate of drug-likeness (QED) is 0.581. The number of piperidine rings is 1. The highest BCUT2D eigenvalue weighted by Crippen LogP contribution is 2.55. The monoisotopic (exact) mass is 402 g/mol. The number of benzene rings is 2. The molecular weight excluding hydrogens is 377 g/mol. The minimum absolute atomic E-state index is 0.0245. The fraction of sp³-hybridized carbons (Fsp3) is 0.478. The smallest absolute Gasteiger partial charge is 0.418 e. The lowest BCUT2D eigenvalue weighted by Crippen LogP contribution is -2.59. The van der Waals surface area contributed by atoms with Crippen molar-refractivity contribution in [3.63, 3.8) is 0 Å². The fourth-order valence-corrected chi connectivity index (χ4v) is 6.06. The number of hydrogen-bond donors (Lipinski definition) is 3. The first-order valence-electron chi connectivity index (χ1n) is 10.4. The molecule has 1 aliphatic heterocycles. The van der Waals surface area contributed by atoms with E-state index in [4.69, 9.17) is 0 Å². The molecule has 3 N–H and O–H groups in total. The SMILES string of the molecule is Oc1cc2c(cc1Nc1ccccc1C(F)(F)F)C[C@@H]1NCC[C@]23CCCC[C@H]13. The second-order valence-corrected chi connectivity index (χ2v) is 8.72. The van der Waals surface area contributed by atoms with Crippen molar-refractivity contribution in [2.24, 2.45) is 5.92 Å². The van der Waals surface area contributed by atoms with Gasteiger partial charge in [-0.1, -0.05) is 25.0 Å². The van der Waals surface area contributed by atoms with E-state index in [0.29, 0.717) is 17.6 Å². The average Bonchev–Trinajstić information content (AvgIpc) is 2.69. The lowest BCUT2D eigenvalue weighted by molar-refractivity contribution is -0.136. The minimum atomic E-state index is -4.46. The van der Waals surface area contributed by atoms with Gasteiger partial charge in [0.05, 0.1) is 16.9 Å². The topological polar surface area (TPSA) is 44.3 Å². The number of phenolic OH excluding ortho intramolecular Hbond substituents is 1. The Balaban J connectivity index is 1.56. The van der Waals surface area contributed by atoms with Crippen LogP contribution in [0.3, 0.4) is 0 Å². The van der Waals surface area contributed by atoms with Crippen LogP contribution in [0.15, 0.2) is 36.4 Å². The summed E-state index contributed by atoms with van der Waals surface area (Å²) >= 11 is 0. The molecule has 6 heteroatoms. The van der Waals surface area contributed by atoms with E-state index < -0.39 is 11.7 Å². The van der Waals surface area contributed by atoms with E-state index in [-0.39, 0.29) is 16.9 Å². The van der Waals surface area contributed by atoms with Crippen molar-refractivity contribution in [1.29, 1.82) is 0 Å². The molecule has 0 spiro atoms. The highest BCUT2D eigenvalue weighted by Gasteiger charge is 2.51. The number of phenols is 1. The van der Waals surface area contributed by atoms with E-state index in [1.807, 2.05) is 12.1 Å². The molecule has 1 saturated carbocycles. The second kappa shape index (κ2) is 6.66. The van der Waals surface area contributed by atoms with E-state index in [1.165, 1.54) is 37.0 Å². The van der Waals surface area contributed by atoms with Crippen LogP contribution in [0.2, 0.25) is 0 Å². The van der Waals surface area contributed by atoms with Gasteiger partial charge in [0.2, 0.25) is 0 Å². The summed E-state index contributed by atoms with van der Waals surface area (Å²) in [5.41, 5.74) is 2.02.